The summed E-state index contributed by atoms with van der Waals surface area (Å²) in [6.07, 6.45) is 4.40. The Morgan fingerprint density at radius 2 is 2.13 bits per heavy atom. The van der Waals surface area contributed by atoms with Crippen LogP contribution in [0, 0.1) is 0 Å². The van der Waals surface area contributed by atoms with Crippen molar-refractivity contribution in [2.24, 2.45) is 0 Å². The molecule has 9 nitrogen and oxygen atoms in total. The summed E-state index contributed by atoms with van der Waals surface area (Å²) in [6, 6.07) is 7.39. The Bertz CT molecular complexity index is 950. The number of nitrogens with one attached hydrogen (secondary N) is 2. The molecule has 0 aliphatic carbocycles. The minimum absolute atomic E-state index is 0. The van der Waals surface area contributed by atoms with Gasteiger partial charge in [-0.15, -0.1) is 12.4 Å². The number of aromatic nitrogens is 3. The third-order valence-electron chi connectivity index (χ3n) is 4.75. The largest absolute Gasteiger partial charge is 0.497 e. The monoisotopic (exact) mass is 433 g/mol. The van der Waals surface area contributed by atoms with E-state index in [2.05, 4.69) is 25.8 Å². The number of amides is 1. The second kappa shape index (κ2) is 10.2. The molecular formula is C20H24ClN5O4. The van der Waals surface area contributed by atoms with Crippen LogP contribution in [0.25, 0.3) is 11.5 Å². The number of rotatable bonds is 8. The zero-order valence-corrected chi connectivity index (χ0v) is 17.4. The van der Waals surface area contributed by atoms with Gasteiger partial charge in [-0.05, 0) is 43.7 Å². The molecule has 1 atom stereocenters. The lowest BCUT2D eigenvalue weighted by Gasteiger charge is -2.09. The van der Waals surface area contributed by atoms with E-state index >= 15 is 0 Å². The van der Waals surface area contributed by atoms with Crippen molar-refractivity contribution < 1.29 is 18.5 Å². The Hall–Kier alpha value is -2.91. The van der Waals surface area contributed by atoms with Crippen molar-refractivity contribution in [3.8, 4) is 17.2 Å². The lowest BCUT2D eigenvalue weighted by atomic mass is 10.2. The molecule has 1 unspecified atom stereocenters. The predicted octanol–water partition coefficient (Wildman–Crippen LogP) is 2.16. The molecule has 2 aromatic heterocycles. The lowest BCUT2D eigenvalue weighted by Crippen LogP contribution is -2.41. The molecule has 0 spiro atoms. The first kappa shape index (κ1) is 21.8. The van der Waals surface area contributed by atoms with Gasteiger partial charge >= 0.3 is 0 Å². The van der Waals surface area contributed by atoms with Crippen molar-refractivity contribution in [2.75, 3.05) is 20.2 Å². The molecule has 3 aromatic rings. The quantitative estimate of drug-likeness (QED) is 0.555. The number of hydrogen-bond acceptors (Lipinski definition) is 8. The van der Waals surface area contributed by atoms with Crippen molar-refractivity contribution >= 4 is 18.3 Å². The molecule has 10 heteroatoms. The lowest BCUT2D eigenvalue weighted by molar-refractivity contribution is -0.122. The molecule has 1 aliphatic heterocycles. The molecule has 1 aromatic carbocycles. The molecule has 30 heavy (non-hydrogen) atoms. The van der Waals surface area contributed by atoms with Gasteiger partial charge in [0.2, 0.25) is 17.7 Å². The normalized spacial score (nSPS) is 15.6. The van der Waals surface area contributed by atoms with Gasteiger partial charge in [0.25, 0.3) is 0 Å². The minimum Gasteiger partial charge on any atom is -0.497 e. The molecule has 160 valence electrons. The number of hydrogen-bond donors (Lipinski definition) is 2. The number of benzene rings is 1. The van der Waals surface area contributed by atoms with Crippen LogP contribution in [0.3, 0.4) is 0 Å². The number of carbonyl (C=O) groups excluding carboxylic acids is 1. The molecule has 3 heterocycles. The predicted molar refractivity (Wildman–Crippen MR) is 111 cm³/mol. The Kier molecular flexibility index (Phi) is 7.42. The first-order chi connectivity index (χ1) is 14.2. The van der Waals surface area contributed by atoms with Gasteiger partial charge in [0.1, 0.15) is 12.0 Å². The molecule has 0 radical (unpaired) electrons. The molecule has 1 aliphatic rings. The topological polar surface area (TPSA) is 115 Å². The highest BCUT2D eigenvalue weighted by atomic mass is 35.5. The van der Waals surface area contributed by atoms with E-state index in [9.17, 15) is 4.79 Å². The number of nitrogens with zero attached hydrogens (tertiary/aromatic N) is 3. The molecule has 2 N–H and O–H groups in total. The van der Waals surface area contributed by atoms with E-state index in [0.29, 0.717) is 42.7 Å². The Labute approximate surface area is 180 Å². The van der Waals surface area contributed by atoms with E-state index in [4.69, 9.17) is 13.7 Å². The van der Waals surface area contributed by atoms with E-state index in [0.717, 1.165) is 30.7 Å². The Balaban J connectivity index is 0.00000256. The minimum atomic E-state index is -0.0830. The van der Waals surface area contributed by atoms with Crippen molar-refractivity contribution in [1.82, 2.24) is 25.8 Å². The second-order valence-corrected chi connectivity index (χ2v) is 6.84. The summed E-state index contributed by atoms with van der Waals surface area (Å²) in [5.41, 5.74) is 1.57. The van der Waals surface area contributed by atoms with Gasteiger partial charge in [-0.1, -0.05) is 5.16 Å². The summed E-state index contributed by atoms with van der Waals surface area (Å²) in [4.78, 5) is 20.8. The highest BCUT2D eigenvalue weighted by Crippen LogP contribution is 2.22. The molecule has 1 fully saturated rings. The average Bonchev–Trinajstić information content (AvgIpc) is 3.51. The van der Waals surface area contributed by atoms with Gasteiger partial charge in [0.15, 0.2) is 5.82 Å². The van der Waals surface area contributed by atoms with E-state index < -0.39 is 0 Å². The van der Waals surface area contributed by atoms with Gasteiger partial charge in [0, 0.05) is 18.5 Å². The van der Waals surface area contributed by atoms with E-state index in [1.165, 1.54) is 0 Å². The summed E-state index contributed by atoms with van der Waals surface area (Å²) >= 11 is 0. The van der Waals surface area contributed by atoms with Crippen molar-refractivity contribution in [3.63, 3.8) is 0 Å². The molecule has 0 bridgehead atoms. The summed E-state index contributed by atoms with van der Waals surface area (Å²) in [5.74, 6) is 2.33. The van der Waals surface area contributed by atoms with Crippen molar-refractivity contribution in [3.05, 3.63) is 47.9 Å². The van der Waals surface area contributed by atoms with Crippen LogP contribution >= 0.6 is 12.4 Å². The zero-order valence-electron chi connectivity index (χ0n) is 16.6. The number of ether oxygens (including phenoxy) is 1. The number of methoxy groups -OCH3 is 1. The fraction of sp³-hybridized carbons (Fsp3) is 0.400. The van der Waals surface area contributed by atoms with Crippen LogP contribution in [0.15, 0.2) is 39.5 Å². The number of oxazole rings is 1. The fourth-order valence-corrected chi connectivity index (χ4v) is 3.20. The Morgan fingerprint density at radius 3 is 2.87 bits per heavy atom. The van der Waals surface area contributed by atoms with Gasteiger partial charge in [-0.3, -0.25) is 4.79 Å². The van der Waals surface area contributed by atoms with Crippen molar-refractivity contribution in [2.45, 2.75) is 31.7 Å². The van der Waals surface area contributed by atoms with E-state index in [-0.39, 0.29) is 24.4 Å². The third-order valence-corrected chi connectivity index (χ3v) is 4.75. The SMILES string of the molecule is COc1ccc(-c2nc(Cc3noc(CCNC(=O)C4CCCN4)n3)co2)cc1.Cl. The van der Waals surface area contributed by atoms with Crippen LogP contribution in [-0.4, -0.2) is 47.3 Å². The molecule has 1 amide bonds. The van der Waals surface area contributed by atoms with Crippen LogP contribution in [0.1, 0.15) is 30.3 Å². The zero-order chi connectivity index (χ0) is 20.1. The summed E-state index contributed by atoms with van der Waals surface area (Å²) in [7, 11) is 1.62. The first-order valence-corrected chi connectivity index (χ1v) is 9.62. The molecule has 0 saturated carbocycles. The van der Waals surface area contributed by atoms with Crippen molar-refractivity contribution in [1.29, 1.82) is 0 Å². The summed E-state index contributed by atoms with van der Waals surface area (Å²) in [6.45, 7) is 1.36. The smallest absolute Gasteiger partial charge is 0.237 e. The Morgan fingerprint density at radius 1 is 1.30 bits per heavy atom. The van der Waals surface area contributed by atoms with Crippen LogP contribution in [0.4, 0.5) is 0 Å². The number of halogens is 1. The maximum atomic E-state index is 12.0. The second-order valence-electron chi connectivity index (χ2n) is 6.84. The van der Waals surface area contributed by atoms with E-state index in [1.807, 2.05) is 24.3 Å². The van der Waals surface area contributed by atoms with Crippen LogP contribution in [0.5, 0.6) is 5.75 Å². The summed E-state index contributed by atoms with van der Waals surface area (Å²) < 4.78 is 16.0. The van der Waals surface area contributed by atoms with Crippen LogP contribution in [0.2, 0.25) is 0 Å². The van der Waals surface area contributed by atoms with E-state index in [1.54, 1.807) is 13.4 Å². The van der Waals surface area contributed by atoms with Gasteiger partial charge in [0.05, 0.1) is 25.3 Å². The van der Waals surface area contributed by atoms with Crippen LogP contribution in [-0.2, 0) is 17.6 Å². The third kappa shape index (κ3) is 5.37. The first-order valence-electron chi connectivity index (χ1n) is 9.62. The standard InChI is InChI=1S/C20H23N5O4.ClH/c1-27-15-6-4-13(5-7-15)20-23-14(12-28-20)11-17-24-18(29-25-17)8-10-22-19(26)16-3-2-9-21-16;/h4-7,12,16,21H,2-3,8-11H2,1H3,(H,22,26);1H. The average molecular weight is 434 g/mol. The van der Waals surface area contributed by atoms with Gasteiger partial charge in [-0.25, -0.2) is 4.98 Å². The fourth-order valence-electron chi connectivity index (χ4n) is 3.20. The molecule has 1 saturated heterocycles. The highest BCUT2D eigenvalue weighted by molar-refractivity contribution is 5.85. The summed E-state index contributed by atoms with van der Waals surface area (Å²) in [5, 5.41) is 10.0. The molecule has 4 rings (SSSR count). The maximum absolute atomic E-state index is 12.0. The van der Waals surface area contributed by atoms with Crippen LogP contribution < -0.4 is 15.4 Å². The maximum Gasteiger partial charge on any atom is 0.237 e. The molecular weight excluding hydrogens is 410 g/mol. The highest BCUT2D eigenvalue weighted by Gasteiger charge is 2.21. The number of carbonyl (C=O) groups is 1. The van der Waals surface area contributed by atoms with Gasteiger partial charge in [-0.2, -0.15) is 4.98 Å². The van der Waals surface area contributed by atoms with Gasteiger partial charge < -0.3 is 24.3 Å².